The van der Waals surface area contributed by atoms with E-state index in [1.165, 1.54) is 37.4 Å². The topological polar surface area (TPSA) is 63.6 Å². The summed E-state index contributed by atoms with van der Waals surface area (Å²) < 4.78 is 30.3. The summed E-state index contributed by atoms with van der Waals surface area (Å²) in [5, 5.41) is 8.94. The van der Waals surface area contributed by atoms with Crippen molar-refractivity contribution < 1.29 is 28.2 Å². The molecule has 2 aromatic carbocycles. The van der Waals surface area contributed by atoms with E-state index < -0.39 is 23.6 Å². The molecule has 134 valence electrons. The molecule has 0 unspecified atom stereocenters. The van der Waals surface area contributed by atoms with Crippen molar-refractivity contribution in [1.29, 1.82) is 0 Å². The molecule has 25 heavy (non-hydrogen) atoms. The Bertz CT molecular complexity index is 766. The van der Waals surface area contributed by atoms with Gasteiger partial charge in [-0.15, -0.1) is 0 Å². The van der Waals surface area contributed by atoms with Crippen LogP contribution in [0.2, 0.25) is 10.0 Å². The van der Waals surface area contributed by atoms with Gasteiger partial charge in [-0.3, -0.25) is 9.59 Å². The van der Waals surface area contributed by atoms with Gasteiger partial charge in [-0.1, -0.05) is 35.3 Å². The molecule has 0 bridgehead atoms. The number of aliphatic carboxylic acids is 1. The second-order valence-electron chi connectivity index (χ2n) is 4.79. The van der Waals surface area contributed by atoms with Crippen LogP contribution in [0.15, 0.2) is 36.4 Å². The van der Waals surface area contributed by atoms with Crippen molar-refractivity contribution in [2.24, 2.45) is 0 Å². The highest BCUT2D eigenvalue weighted by Crippen LogP contribution is 2.15. The Labute approximate surface area is 152 Å². The fraction of sp³-hybridized carbons (Fsp3) is 0.176. The van der Waals surface area contributed by atoms with Crippen LogP contribution in [0.3, 0.4) is 0 Å². The molecule has 0 aliphatic carbocycles. The van der Waals surface area contributed by atoms with E-state index >= 15 is 0 Å². The zero-order valence-corrected chi connectivity index (χ0v) is 14.6. The summed E-state index contributed by atoms with van der Waals surface area (Å²) in [5.74, 6) is -2.60. The smallest absolute Gasteiger partial charge is 0.310 e. The fourth-order valence-corrected chi connectivity index (χ4v) is 2.04. The molecule has 0 amide bonds. The van der Waals surface area contributed by atoms with Gasteiger partial charge in [0.25, 0.3) is 0 Å². The Kier molecular flexibility index (Phi) is 8.31. The summed E-state index contributed by atoms with van der Waals surface area (Å²) in [6.45, 7) is 0. The van der Waals surface area contributed by atoms with Crippen LogP contribution in [0.1, 0.15) is 11.1 Å². The van der Waals surface area contributed by atoms with Gasteiger partial charge in [-0.25, -0.2) is 8.78 Å². The Morgan fingerprint density at radius 2 is 1.40 bits per heavy atom. The monoisotopic (exact) mass is 390 g/mol. The zero-order valence-electron chi connectivity index (χ0n) is 13.1. The average Bonchev–Trinajstić information content (AvgIpc) is 2.53. The third-order valence-corrected chi connectivity index (χ3v) is 3.40. The van der Waals surface area contributed by atoms with Crippen molar-refractivity contribution in [3.63, 3.8) is 0 Å². The van der Waals surface area contributed by atoms with E-state index in [9.17, 15) is 18.4 Å². The molecule has 0 aromatic heterocycles. The zero-order chi connectivity index (χ0) is 19.0. The summed E-state index contributed by atoms with van der Waals surface area (Å²) >= 11 is 11.0. The number of hydrogen-bond acceptors (Lipinski definition) is 3. The highest BCUT2D eigenvalue weighted by Gasteiger charge is 2.08. The molecule has 2 rings (SSSR count). The van der Waals surface area contributed by atoms with Crippen LogP contribution in [-0.4, -0.2) is 24.2 Å². The number of methoxy groups -OCH3 is 1. The molecule has 0 aliphatic rings. The van der Waals surface area contributed by atoms with Gasteiger partial charge in [-0.05, 0) is 35.4 Å². The van der Waals surface area contributed by atoms with Crippen LogP contribution in [0, 0.1) is 11.6 Å². The first kappa shape index (κ1) is 20.9. The molecule has 1 N–H and O–H groups in total. The molecule has 0 fully saturated rings. The molecule has 8 heteroatoms. The summed E-state index contributed by atoms with van der Waals surface area (Å²) in [7, 11) is 1.26. The maximum Gasteiger partial charge on any atom is 0.310 e. The number of rotatable bonds is 4. The number of carbonyl (C=O) groups excluding carboxylic acids is 1. The van der Waals surface area contributed by atoms with Crippen molar-refractivity contribution >= 4 is 35.1 Å². The highest BCUT2D eigenvalue weighted by atomic mass is 35.5. The van der Waals surface area contributed by atoms with Gasteiger partial charge in [0.1, 0.15) is 11.6 Å². The van der Waals surface area contributed by atoms with E-state index in [-0.39, 0.29) is 29.0 Å². The van der Waals surface area contributed by atoms with Gasteiger partial charge >= 0.3 is 11.9 Å². The van der Waals surface area contributed by atoms with Gasteiger partial charge in [0.15, 0.2) is 0 Å². The number of hydrogen-bond donors (Lipinski definition) is 1. The summed E-state index contributed by atoms with van der Waals surface area (Å²) in [6, 6.07) is 8.09. The minimum absolute atomic E-state index is 0.0699. The minimum Gasteiger partial charge on any atom is -0.481 e. The molecule has 0 radical (unpaired) electrons. The van der Waals surface area contributed by atoms with Crippen molar-refractivity contribution in [2.75, 3.05) is 7.11 Å². The second kappa shape index (κ2) is 9.96. The molecule has 0 spiro atoms. The number of halogens is 4. The summed E-state index contributed by atoms with van der Waals surface area (Å²) in [5.41, 5.74) is 0.433. The lowest BCUT2D eigenvalue weighted by molar-refractivity contribution is -0.140. The quantitative estimate of drug-likeness (QED) is 0.790. The highest BCUT2D eigenvalue weighted by molar-refractivity contribution is 6.30. The van der Waals surface area contributed by atoms with Crippen molar-refractivity contribution in [3.8, 4) is 0 Å². The fourth-order valence-electron chi connectivity index (χ4n) is 1.72. The summed E-state index contributed by atoms with van der Waals surface area (Å²) in [6.07, 6.45) is -0.386. The SMILES string of the molecule is COC(=O)Cc1ccc(Cl)cc1F.O=C(O)Cc1ccc(Cl)cc1F. The van der Waals surface area contributed by atoms with Crippen LogP contribution in [-0.2, 0) is 27.2 Å². The molecular weight excluding hydrogens is 377 g/mol. The van der Waals surface area contributed by atoms with E-state index in [0.717, 1.165) is 6.07 Å². The first-order chi connectivity index (χ1) is 11.7. The third-order valence-electron chi connectivity index (χ3n) is 2.93. The van der Waals surface area contributed by atoms with Crippen LogP contribution in [0.25, 0.3) is 0 Å². The standard InChI is InChI=1S/C9H8ClFO2.C8H6ClFO2/c1-13-9(12)4-6-2-3-7(10)5-8(6)11;9-6-2-1-5(3-8(11)12)7(10)4-6/h2-3,5H,4H2,1H3;1-2,4H,3H2,(H,11,12). The molecule has 4 nitrogen and oxygen atoms in total. The largest absolute Gasteiger partial charge is 0.481 e. The molecule has 0 heterocycles. The van der Waals surface area contributed by atoms with Crippen LogP contribution < -0.4 is 0 Å². The molecular formula is C17H14Cl2F2O4. The van der Waals surface area contributed by atoms with E-state index in [1.54, 1.807) is 0 Å². The van der Waals surface area contributed by atoms with E-state index in [2.05, 4.69) is 4.74 Å². The van der Waals surface area contributed by atoms with Crippen LogP contribution >= 0.6 is 23.2 Å². The molecule has 0 aliphatic heterocycles. The first-order valence-corrected chi connectivity index (χ1v) is 7.65. The van der Waals surface area contributed by atoms with E-state index in [4.69, 9.17) is 28.3 Å². The number of esters is 1. The molecule has 0 saturated carbocycles. The number of ether oxygens (including phenoxy) is 1. The first-order valence-electron chi connectivity index (χ1n) is 6.89. The second-order valence-corrected chi connectivity index (χ2v) is 5.67. The minimum atomic E-state index is -1.06. The van der Waals surface area contributed by atoms with Crippen LogP contribution in [0.4, 0.5) is 8.78 Å². The van der Waals surface area contributed by atoms with Crippen LogP contribution in [0.5, 0.6) is 0 Å². The van der Waals surface area contributed by atoms with Crippen molar-refractivity contribution in [1.82, 2.24) is 0 Å². The molecule has 0 atom stereocenters. The maximum atomic E-state index is 13.1. The predicted molar refractivity (Wildman–Crippen MR) is 89.9 cm³/mol. The van der Waals surface area contributed by atoms with Crippen molar-refractivity contribution in [3.05, 3.63) is 69.2 Å². The number of carboxylic acid groups (broad SMARTS) is 1. The maximum absolute atomic E-state index is 13.1. The lowest BCUT2D eigenvalue weighted by Gasteiger charge is -2.01. The Morgan fingerprint density at radius 3 is 1.76 bits per heavy atom. The van der Waals surface area contributed by atoms with Crippen molar-refractivity contribution in [2.45, 2.75) is 12.8 Å². The Balaban J connectivity index is 0.000000251. The number of carbonyl (C=O) groups is 2. The molecule has 2 aromatic rings. The average molecular weight is 391 g/mol. The lowest BCUT2D eigenvalue weighted by atomic mass is 10.1. The Hall–Kier alpha value is -2.18. The van der Waals surface area contributed by atoms with Gasteiger partial charge in [-0.2, -0.15) is 0 Å². The number of carboxylic acids is 1. The third kappa shape index (κ3) is 7.49. The predicted octanol–water partition coefficient (Wildman–Crippen LogP) is 4.30. The Morgan fingerprint density at radius 1 is 0.960 bits per heavy atom. The summed E-state index contributed by atoms with van der Waals surface area (Å²) in [4.78, 5) is 21.0. The molecule has 0 saturated heterocycles. The number of benzene rings is 2. The van der Waals surface area contributed by atoms with Gasteiger partial charge in [0.05, 0.1) is 20.0 Å². The van der Waals surface area contributed by atoms with E-state index in [0.29, 0.717) is 5.02 Å². The van der Waals surface area contributed by atoms with Gasteiger partial charge in [0.2, 0.25) is 0 Å². The van der Waals surface area contributed by atoms with Gasteiger partial charge < -0.3 is 9.84 Å². The normalized spacial score (nSPS) is 9.80. The van der Waals surface area contributed by atoms with Gasteiger partial charge in [0, 0.05) is 10.0 Å². The lowest BCUT2D eigenvalue weighted by Crippen LogP contribution is -2.05. The van der Waals surface area contributed by atoms with E-state index in [1.807, 2.05) is 0 Å².